The topological polar surface area (TPSA) is 101 Å². The molecule has 196 valence electrons. The number of fused-ring (bicyclic) bond motifs is 1. The fraction of sp³-hybridized carbons (Fsp3) is 0.720. The molecule has 0 radical (unpaired) electrons. The second-order valence-corrected chi connectivity index (χ2v) is 11.5. The molecular formula is C25H38N8O2S. The summed E-state index contributed by atoms with van der Waals surface area (Å²) in [7, 11) is 0. The van der Waals surface area contributed by atoms with Crippen LogP contribution in [0.2, 0.25) is 0 Å². The van der Waals surface area contributed by atoms with Crippen LogP contribution >= 0.6 is 11.5 Å². The van der Waals surface area contributed by atoms with Crippen LogP contribution in [0, 0.1) is 5.92 Å². The third-order valence-corrected chi connectivity index (χ3v) is 8.51. The first-order valence-corrected chi connectivity index (χ1v) is 14.2. The second-order valence-electron chi connectivity index (χ2n) is 10.7. The smallest absolute Gasteiger partial charge is 0.197 e. The molecule has 1 unspecified atom stereocenters. The number of nitrogens with zero attached hydrogens (tertiary/aromatic N) is 5. The van der Waals surface area contributed by atoms with Gasteiger partial charge >= 0.3 is 0 Å². The van der Waals surface area contributed by atoms with Crippen molar-refractivity contribution < 1.29 is 9.47 Å². The van der Waals surface area contributed by atoms with Gasteiger partial charge in [0.1, 0.15) is 10.8 Å². The number of aromatic nitrogens is 3. The number of aliphatic imine (C=N–C) groups is 1. The molecule has 3 aliphatic heterocycles. The summed E-state index contributed by atoms with van der Waals surface area (Å²) in [5.41, 5.74) is 3.22. The van der Waals surface area contributed by atoms with Crippen LogP contribution in [0.4, 0.5) is 10.7 Å². The average molecular weight is 515 g/mol. The lowest BCUT2D eigenvalue weighted by molar-refractivity contribution is -0.0408. The second kappa shape index (κ2) is 10.6. The minimum absolute atomic E-state index is 0.269. The molecule has 1 saturated carbocycles. The van der Waals surface area contributed by atoms with Crippen LogP contribution in [0.15, 0.2) is 17.4 Å². The molecule has 6 rings (SSSR count). The lowest BCUT2D eigenvalue weighted by Crippen LogP contribution is -2.48. The number of nitrogens with one attached hydrogen (secondary N) is 3. The van der Waals surface area contributed by atoms with E-state index >= 15 is 0 Å². The van der Waals surface area contributed by atoms with E-state index in [1.54, 1.807) is 0 Å². The van der Waals surface area contributed by atoms with Crippen LogP contribution in [0.5, 0.6) is 0 Å². The summed E-state index contributed by atoms with van der Waals surface area (Å²) < 4.78 is 17.6. The zero-order valence-electron chi connectivity index (χ0n) is 21.3. The van der Waals surface area contributed by atoms with Crippen LogP contribution in [0.3, 0.4) is 0 Å². The van der Waals surface area contributed by atoms with E-state index in [1.165, 1.54) is 24.4 Å². The van der Waals surface area contributed by atoms with Gasteiger partial charge in [-0.3, -0.25) is 9.58 Å². The van der Waals surface area contributed by atoms with E-state index in [9.17, 15) is 0 Å². The zero-order valence-corrected chi connectivity index (χ0v) is 22.1. The number of amidine groups is 1. The van der Waals surface area contributed by atoms with Gasteiger partial charge in [-0.2, -0.15) is 9.47 Å². The number of hydrogen-bond donors (Lipinski definition) is 3. The molecular weight excluding hydrogens is 476 g/mol. The monoisotopic (exact) mass is 514 g/mol. The standard InChI is InChI=1S/C25H38N8O2S/c1-16(2)22-21-23(27-18-3-5-20(6-4-18)32-7-9-34-10-8-32)29-25(30-24(21)36-31-22)28-19-11-26-33(13-19)12-17-14-35-15-17/h11,13,16-18,20,25,28,30H,3-10,12,14-15H2,1-2H3,(H,27,29). The Morgan fingerprint density at radius 3 is 2.64 bits per heavy atom. The van der Waals surface area contributed by atoms with E-state index in [0.29, 0.717) is 23.9 Å². The lowest BCUT2D eigenvalue weighted by Gasteiger charge is -2.39. The summed E-state index contributed by atoms with van der Waals surface area (Å²) in [4.78, 5) is 7.72. The number of rotatable bonds is 7. The van der Waals surface area contributed by atoms with Gasteiger partial charge in [0.15, 0.2) is 6.29 Å². The Kier molecular flexibility index (Phi) is 7.14. The Morgan fingerprint density at radius 2 is 1.92 bits per heavy atom. The summed E-state index contributed by atoms with van der Waals surface area (Å²) in [5.74, 6) is 1.87. The molecule has 1 atom stereocenters. The number of ether oxygens (including phenoxy) is 2. The van der Waals surface area contributed by atoms with Gasteiger partial charge in [0, 0.05) is 43.8 Å². The van der Waals surface area contributed by atoms with Gasteiger partial charge in [-0.1, -0.05) is 13.8 Å². The molecule has 1 aliphatic carbocycles. The van der Waals surface area contributed by atoms with E-state index in [2.05, 4.69) is 46.0 Å². The summed E-state index contributed by atoms with van der Waals surface area (Å²) in [6.45, 7) is 10.8. The van der Waals surface area contributed by atoms with Crippen LogP contribution in [-0.2, 0) is 16.0 Å². The zero-order chi connectivity index (χ0) is 24.5. The molecule has 2 aromatic rings. The Hall–Kier alpha value is -2.21. The Balaban J connectivity index is 1.14. The average Bonchev–Trinajstić information content (AvgIpc) is 3.50. The summed E-state index contributed by atoms with van der Waals surface area (Å²) in [6, 6.07) is 1.11. The Morgan fingerprint density at radius 1 is 1.11 bits per heavy atom. The van der Waals surface area contributed by atoms with Crippen LogP contribution in [0.25, 0.3) is 0 Å². The molecule has 5 heterocycles. The first-order chi connectivity index (χ1) is 17.6. The molecule has 0 bridgehead atoms. The summed E-state index contributed by atoms with van der Waals surface area (Å²) >= 11 is 1.53. The summed E-state index contributed by atoms with van der Waals surface area (Å²) in [5, 5.41) is 16.5. The number of anilines is 2. The minimum atomic E-state index is -0.269. The van der Waals surface area contributed by atoms with Gasteiger partial charge in [-0.15, -0.1) is 0 Å². The van der Waals surface area contributed by atoms with Crippen molar-refractivity contribution in [2.24, 2.45) is 10.9 Å². The number of morpholine rings is 1. The Bertz CT molecular complexity index is 1050. The van der Waals surface area contributed by atoms with E-state index in [-0.39, 0.29) is 6.29 Å². The molecule has 3 fully saturated rings. The van der Waals surface area contributed by atoms with Crippen molar-refractivity contribution in [2.45, 2.75) is 70.4 Å². The van der Waals surface area contributed by atoms with Gasteiger partial charge in [-0.25, -0.2) is 4.99 Å². The van der Waals surface area contributed by atoms with Crippen LogP contribution < -0.4 is 16.0 Å². The van der Waals surface area contributed by atoms with E-state index in [4.69, 9.17) is 18.8 Å². The van der Waals surface area contributed by atoms with Gasteiger partial charge in [0.05, 0.1) is 49.6 Å². The van der Waals surface area contributed by atoms with Crippen LogP contribution in [0.1, 0.15) is 56.7 Å². The lowest BCUT2D eigenvalue weighted by atomic mass is 9.89. The van der Waals surface area contributed by atoms with Gasteiger partial charge in [0.2, 0.25) is 0 Å². The first kappa shape index (κ1) is 24.1. The molecule has 0 amide bonds. The van der Waals surface area contributed by atoms with Crippen LogP contribution in [-0.4, -0.2) is 82.8 Å². The normalized spacial score (nSPS) is 27.2. The van der Waals surface area contributed by atoms with Crippen molar-refractivity contribution >= 4 is 28.1 Å². The highest BCUT2D eigenvalue weighted by Gasteiger charge is 2.32. The predicted molar refractivity (Wildman–Crippen MR) is 142 cm³/mol. The number of hydrogen-bond acceptors (Lipinski definition) is 10. The molecule has 2 aromatic heterocycles. The van der Waals surface area contributed by atoms with Crippen molar-refractivity contribution in [1.82, 2.24) is 24.4 Å². The Labute approximate surface area is 217 Å². The SMILES string of the molecule is CC(C)c1nsc2c1C(NC1CCC(N3CCOCC3)CC1)=NC(Nc1cnn(CC3COC3)c1)N2. The maximum Gasteiger partial charge on any atom is 0.197 e. The molecule has 0 aromatic carbocycles. The van der Waals surface area contributed by atoms with E-state index in [0.717, 1.165) is 86.7 Å². The molecule has 10 nitrogen and oxygen atoms in total. The van der Waals surface area contributed by atoms with E-state index in [1.807, 2.05) is 10.9 Å². The highest BCUT2D eigenvalue weighted by atomic mass is 32.1. The van der Waals surface area contributed by atoms with Crippen molar-refractivity contribution in [3.8, 4) is 0 Å². The quantitative estimate of drug-likeness (QED) is 0.519. The van der Waals surface area contributed by atoms with Crippen molar-refractivity contribution in [3.63, 3.8) is 0 Å². The first-order valence-electron chi connectivity index (χ1n) is 13.4. The van der Waals surface area contributed by atoms with Gasteiger partial charge in [0.25, 0.3) is 0 Å². The molecule has 2 saturated heterocycles. The minimum Gasteiger partial charge on any atom is -0.381 e. The van der Waals surface area contributed by atoms with E-state index < -0.39 is 0 Å². The third-order valence-electron chi connectivity index (χ3n) is 7.72. The highest BCUT2D eigenvalue weighted by molar-refractivity contribution is 7.10. The third kappa shape index (κ3) is 5.25. The molecule has 3 N–H and O–H groups in total. The molecule has 36 heavy (non-hydrogen) atoms. The highest BCUT2D eigenvalue weighted by Crippen LogP contribution is 2.34. The molecule has 0 spiro atoms. The summed E-state index contributed by atoms with van der Waals surface area (Å²) in [6.07, 6.45) is 8.43. The predicted octanol–water partition coefficient (Wildman–Crippen LogP) is 2.91. The largest absolute Gasteiger partial charge is 0.381 e. The van der Waals surface area contributed by atoms with Gasteiger partial charge < -0.3 is 25.4 Å². The molecule has 4 aliphatic rings. The van der Waals surface area contributed by atoms with Crippen molar-refractivity contribution in [1.29, 1.82) is 0 Å². The fourth-order valence-corrected chi connectivity index (χ4v) is 6.57. The maximum absolute atomic E-state index is 5.55. The van der Waals surface area contributed by atoms with Crippen molar-refractivity contribution in [2.75, 3.05) is 50.2 Å². The fourth-order valence-electron chi connectivity index (χ4n) is 5.62. The van der Waals surface area contributed by atoms with Gasteiger partial charge in [-0.05, 0) is 43.1 Å². The maximum atomic E-state index is 5.55. The van der Waals surface area contributed by atoms with Crippen molar-refractivity contribution in [3.05, 3.63) is 23.7 Å². The molecule has 11 heteroatoms.